The molecule has 94 valence electrons. The van der Waals surface area contributed by atoms with Crippen LogP contribution >= 0.6 is 15.9 Å². The summed E-state index contributed by atoms with van der Waals surface area (Å²) >= 11 is 3.40. The molecule has 0 fully saturated rings. The third kappa shape index (κ3) is 3.40. The van der Waals surface area contributed by atoms with Gasteiger partial charge in [-0.1, -0.05) is 30.3 Å². The first-order chi connectivity index (χ1) is 8.66. The third-order valence-electron chi connectivity index (χ3n) is 2.99. The standard InChI is InChI=1S/C15H17BrN2/c1-11(13-6-4-3-5-7-13)18-12(2)15-9-8-14(16)10-17-15/h3-12,18H,1-2H3/t11-,12+/m1/s1. The highest BCUT2D eigenvalue weighted by atomic mass is 79.9. The SMILES string of the molecule is C[C@H](N[C@H](C)c1ccccc1)c1ccc(Br)cn1. The van der Waals surface area contributed by atoms with E-state index in [2.05, 4.69) is 64.3 Å². The molecule has 1 heterocycles. The van der Waals surface area contributed by atoms with Crippen LogP contribution in [0.25, 0.3) is 0 Å². The van der Waals surface area contributed by atoms with Gasteiger partial charge >= 0.3 is 0 Å². The van der Waals surface area contributed by atoms with Crippen molar-refractivity contribution in [2.24, 2.45) is 0 Å². The zero-order valence-electron chi connectivity index (χ0n) is 10.6. The molecule has 2 atom stereocenters. The minimum Gasteiger partial charge on any atom is -0.302 e. The van der Waals surface area contributed by atoms with Crippen LogP contribution in [0, 0.1) is 0 Å². The molecular weight excluding hydrogens is 288 g/mol. The number of pyridine rings is 1. The lowest BCUT2D eigenvalue weighted by atomic mass is 10.1. The maximum Gasteiger partial charge on any atom is 0.0571 e. The Morgan fingerprint density at radius 2 is 1.72 bits per heavy atom. The van der Waals surface area contributed by atoms with Crippen LogP contribution in [0.5, 0.6) is 0 Å². The van der Waals surface area contributed by atoms with Crippen LogP contribution in [-0.2, 0) is 0 Å². The van der Waals surface area contributed by atoms with E-state index in [0.29, 0.717) is 6.04 Å². The molecule has 0 aliphatic carbocycles. The van der Waals surface area contributed by atoms with Gasteiger partial charge in [0.25, 0.3) is 0 Å². The van der Waals surface area contributed by atoms with Crippen LogP contribution in [0.4, 0.5) is 0 Å². The highest BCUT2D eigenvalue weighted by Gasteiger charge is 2.11. The lowest BCUT2D eigenvalue weighted by Gasteiger charge is -2.20. The quantitative estimate of drug-likeness (QED) is 0.913. The van der Waals surface area contributed by atoms with E-state index in [1.165, 1.54) is 5.56 Å². The zero-order chi connectivity index (χ0) is 13.0. The molecule has 2 rings (SSSR count). The number of aromatic nitrogens is 1. The molecule has 0 radical (unpaired) electrons. The highest BCUT2D eigenvalue weighted by Crippen LogP contribution is 2.18. The van der Waals surface area contributed by atoms with Crippen molar-refractivity contribution in [3.8, 4) is 0 Å². The number of hydrogen-bond acceptors (Lipinski definition) is 2. The molecule has 2 nitrogen and oxygen atoms in total. The number of nitrogens with zero attached hydrogens (tertiary/aromatic N) is 1. The second-order valence-corrected chi connectivity index (χ2v) is 5.34. The van der Waals surface area contributed by atoms with Crippen LogP contribution in [0.15, 0.2) is 53.1 Å². The Balaban J connectivity index is 2.03. The Labute approximate surface area is 117 Å². The Kier molecular flexibility index (Phi) is 4.50. The summed E-state index contributed by atoms with van der Waals surface area (Å²) in [6, 6.07) is 15.0. The van der Waals surface area contributed by atoms with E-state index in [9.17, 15) is 0 Å². The normalized spacial score (nSPS) is 14.2. The average molecular weight is 305 g/mol. The van der Waals surface area contributed by atoms with E-state index in [1.54, 1.807) is 0 Å². The Bertz CT molecular complexity index is 482. The maximum atomic E-state index is 4.42. The summed E-state index contributed by atoms with van der Waals surface area (Å²) in [5.41, 5.74) is 2.35. The lowest BCUT2D eigenvalue weighted by Crippen LogP contribution is -2.23. The summed E-state index contributed by atoms with van der Waals surface area (Å²) < 4.78 is 1.01. The molecule has 0 aliphatic rings. The van der Waals surface area contributed by atoms with Crippen molar-refractivity contribution < 1.29 is 0 Å². The fourth-order valence-electron chi connectivity index (χ4n) is 1.94. The molecule has 0 unspecified atom stereocenters. The number of hydrogen-bond donors (Lipinski definition) is 1. The fourth-order valence-corrected chi connectivity index (χ4v) is 2.18. The van der Waals surface area contributed by atoms with Crippen LogP contribution in [0.2, 0.25) is 0 Å². The van der Waals surface area contributed by atoms with Gasteiger partial charge in [-0.05, 0) is 47.5 Å². The Hall–Kier alpha value is -1.19. The van der Waals surface area contributed by atoms with E-state index in [0.717, 1.165) is 10.2 Å². The van der Waals surface area contributed by atoms with Gasteiger partial charge in [-0.15, -0.1) is 0 Å². The maximum absolute atomic E-state index is 4.42. The summed E-state index contributed by atoms with van der Waals surface area (Å²) in [6.07, 6.45) is 1.83. The molecule has 1 aromatic carbocycles. The van der Waals surface area contributed by atoms with Crippen molar-refractivity contribution in [1.82, 2.24) is 10.3 Å². The first kappa shape index (κ1) is 13.2. The van der Waals surface area contributed by atoms with Gasteiger partial charge in [0.2, 0.25) is 0 Å². The lowest BCUT2D eigenvalue weighted by molar-refractivity contribution is 0.486. The molecule has 0 amide bonds. The minimum absolute atomic E-state index is 0.230. The smallest absolute Gasteiger partial charge is 0.0571 e. The third-order valence-corrected chi connectivity index (χ3v) is 3.46. The number of halogens is 1. The van der Waals surface area contributed by atoms with Crippen LogP contribution in [0.3, 0.4) is 0 Å². The molecule has 0 spiro atoms. The largest absolute Gasteiger partial charge is 0.302 e. The summed E-state index contributed by atoms with van der Waals surface area (Å²) in [5, 5.41) is 3.55. The van der Waals surface area contributed by atoms with Gasteiger partial charge in [0.1, 0.15) is 0 Å². The summed E-state index contributed by atoms with van der Waals surface area (Å²) in [6.45, 7) is 4.31. The van der Waals surface area contributed by atoms with Gasteiger partial charge in [-0.25, -0.2) is 0 Å². The first-order valence-electron chi connectivity index (χ1n) is 6.09. The molecule has 18 heavy (non-hydrogen) atoms. The van der Waals surface area contributed by atoms with Crippen molar-refractivity contribution in [3.63, 3.8) is 0 Å². The van der Waals surface area contributed by atoms with Gasteiger partial charge in [-0.3, -0.25) is 4.98 Å². The Morgan fingerprint density at radius 3 is 2.33 bits per heavy atom. The predicted octanol–water partition coefficient (Wildman–Crippen LogP) is 4.26. The van der Waals surface area contributed by atoms with Crippen molar-refractivity contribution in [3.05, 3.63) is 64.4 Å². The Morgan fingerprint density at radius 1 is 1.00 bits per heavy atom. The van der Waals surface area contributed by atoms with Crippen molar-refractivity contribution in [1.29, 1.82) is 0 Å². The number of rotatable bonds is 4. The van der Waals surface area contributed by atoms with E-state index in [-0.39, 0.29) is 6.04 Å². The molecule has 2 aromatic rings. The van der Waals surface area contributed by atoms with Gasteiger partial charge < -0.3 is 5.32 Å². The second-order valence-electron chi connectivity index (χ2n) is 4.42. The molecule has 1 N–H and O–H groups in total. The molecule has 1 aromatic heterocycles. The average Bonchev–Trinajstić information content (AvgIpc) is 2.40. The molecule has 0 saturated heterocycles. The second kappa shape index (κ2) is 6.12. The van der Waals surface area contributed by atoms with Crippen molar-refractivity contribution in [2.45, 2.75) is 25.9 Å². The predicted molar refractivity (Wildman–Crippen MR) is 78.3 cm³/mol. The summed E-state index contributed by atoms with van der Waals surface area (Å²) in [7, 11) is 0. The molecular formula is C15H17BrN2. The highest BCUT2D eigenvalue weighted by molar-refractivity contribution is 9.10. The fraction of sp³-hybridized carbons (Fsp3) is 0.267. The first-order valence-corrected chi connectivity index (χ1v) is 6.88. The van der Waals surface area contributed by atoms with Crippen LogP contribution in [-0.4, -0.2) is 4.98 Å². The number of nitrogens with one attached hydrogen (secondary N) is 1. The van der Waals surface area contributed by atoms with E-state index in [4.69, 9.17) is 0 Å². The molecule has 0 aliphatic heterocycles. The van der Waals surface area contributed by atoms with E-state index in [1.807, 2.05) is 24.4 Å². The van der Waals surface area contributed by atoms with Gasteiger partial charge in [-0.2, -0.15) is 0 Å². The molecule has 0 saturated carbocycles. The van der Waals surface area contributed by atoms with Gasteiger partial charge in [0, 0.05) is 22.8 Å². The summed E-state index contributed by atoms with van der Waals surface area (Å²) in [4.78, 5) is 4.42. The van der Waals surface area contributed by atoms with Gasteiger partial charge in [0.05, 0.1) is 5.69 Å². The van der Waals surface area contributed by atoms with Crippen molar-refractivity contribution >= 4 is 15.9 Å². The molecule has 0 bridgehead atoms. The number of benzene rings is 1. The van der Waals surface area contributed by atoms with E-state index >= 15 is 0 Å². The van der Waals surface area contributed by atoms with Gasteiger partial charge in [0.15, 0.2) is 0 Å². The van der Waals surface area contributed by atoms with E-state index < -0.39 is 0 Å². The van der Waals surface area contributed by atoms with Crippen LogP contribution in [0.1, 0.15) is 37.2 Å². The van der Waals surface area contributed by atoms with Crippen LogP contribution < -0.4 is 5.32 Å². The monoisotopic (exact) mass is 304 g/mol. The summed E-state index contributed by atoms with van der Waals surface area (Å²) in [5.74, 6) is 0. The van der Waals surface area contributed by atoms with Crippen molar-refractivity contribution in [2.75, 3.05) is 0 Å². The minimum atomic E-state index is 0.230. The topological polar surface area (TPSA) is 24.9 Å². The zero-order valence-corrected chi connectivity index (χ0v) is 12.2. The molecule has 3 heteroatoms.